The van der Waals surface area contributed by atoms with Crippen LogP contribution in [0, 0.1) is 11.2 Å². The monoisotopic (exact) mass is 492 g/mol. The fourth-order valence-corrected chi connectivity index (χ4v) is 7.15. The van der Waals surface area contributed by atoms with Crippen molar-refractivity contribution in [3.05, 3.63) is 41.2 Å². The molecule has 7 rings (SSSR count). The lowest BCUT2D eigenvalue weighted by Crippen LogP contribution is -2.36. The summed E-state index contributed by atoms with van der Waals surface area (Å²) in [7, 11) is 0. The fraction of sp³-hybridized carbons (Fsp3) is 0.462. The summed E-state index contributed by atoms with van der Waals surface area (Å²) >= 11 is 1.80. The van der Waals surface area contributed by atoms with Gasteiger partial charge in [-0.2, -0.15) is 0 Å². The van der Waals surface area contributed by atoms with Gasteiger partial charge in [-0.25, -0.2) is 14.4 Å². The third-order valence-electron chi connectivity index (χ3n) is 7.82. The van der Waals surface area contributed by atoms with Crippen molar-refractivity contribution in [2.75, 3.05) is 57.4 Å². The van der Waals surface area contributed by atoms with Crippen LogP contribution in [0.5, 0.6) is 0 Å². The average molecular weight is 493 g/mol. The fourth-order valence-electron chi connectivity index (χ4n) is 6.00. The number of hydrogen-bond acceptors (Lipinski definition) is 7. The summed E-state index contributed by atoms with van der Waals surface area (Å²) in [6.07, 6.45) is 4.40. The van der Waals surface area contributed by atoms with Crippen molar-refractivity contribution in [1.82, 2.24) is 25.2 Å². The van der Waals surface area contributed by atoms with Crippen LogP contribution in [0.25, 0.3) is 32.5 Å². The summed E-state index contributed by atoms with van der Waals surface area (Å²) < 4.78 is 21.2. The average Bonchev–Trinajstić information content (AvgIpc) is 3.67. The number of fused-ring (bicyclic) bond motifs is 2. The highest BCUT2D eigenvalue weighted by molar-refractivity contribution is 7.19. The summed E-state index contributed by atoms with van der Waals surface area (Å²) in [6.45, 7) is 8.51. The second-order valence-corrected chi connectivity index (χ2v) is 11.3. The van der Waals surface area contributed by atoms with Crippen molar-refractivity contribution in [1.29, 1.82) is 0 Å². The maximum atomic E-state index is 14.5. The summed E-state index contributed by atoms with van der Waals surface area (Å²) in [6, 6.07) is 7.26. The molecule has 0 amide bonds. The van der Waals surface area contributed by atoms with Gasteiger partial charge < -0.3 is 19.9 Å². The number of hydrogen-bond donors (Lipinski definition) is 2. The predicted molar refractivity (Wildman–Crippen MR) is 138 cm³/mol. The van der Waals surface area contributed by atoms with E-state index in [-0.39, 0.29) is 5.82 Å². The van der Waals surface area contributed by atoms with Crippen molar-refractivity contribution in [2.45, 2.75) is 19.4 Å². The van der Waals surface area contributed by atoms with Crippen molar-refractivity contribution in [3.8, 4) is 11.4 Å². The number of aromatic amines is 1. The summed E-state index contributed by atoms with van der Waals surface area (Å²) in [5.41, 5.74) is 2.88. The lowest BCUT2D eigenvalue weighted by atomic mass is 9.87. The molecule has 2 N–H and O–H groups in total. The number of rotatable bonds is 4. The lowest BCUT2D eigenvalue weighted by Gasteiger charge is -2.28. The van der Waals surface area contributed by atoms with Crippen LogP contribution >= 0.6 is 11.3 Å². The van der Waals surface area contributed by atoms with Gasteiger partial charge in [0.25, 0.3) is 0 Å². The highest BCUT2D eigenvalue weighted by atomic mass is 32.1. The van der Waals surface area contributed by atoms with Gasteiger partial charge in [0.05, 0.1) is 23.4 Å². The molecular weight excluding hydrogens is 463 g/mol. The zero-order valence-corrected chi connectivity index (χ0v) is 20.5. The molecule has 3 fully saturated rings. The third-order valence-corrected chi connectivity index (χ3v) is 8.92. The van der Waals surface area contributed by atoms with Crippen LogP contribution in [0.4, 0.5) is 10.2 Å². The highest BCUT2D eigenvalue weighted by Gasteiger charge is 2.40. The number of anilines is 1. The zero-order chi connectivity index (χ0) is 23.4. The SMILES string of the molecule is Fc1cc(-c2nc(N3CCOCC3)c3sc(CN4CCC5(CCNC5)C4)cc3n2)c2cc[nH]c2c1. The second-order valence-electron chi connectivity index (χ2n) is 10.2. The van der Waals surface area contributed by atoms with Gasteiger partial charge in [-0.05, 0) is 55.6 Å². The number of halogens is 1. The lowest BCUT2D eigenvalue weighted by molar-refractivity contribution is 0.122. The maximum Gasteiger partial charge on any atom is 0.163 e. The molecule has 3 aromatic heterocycles. The Kier molecular flexibility index (Phi) is 5.27. The summed E-state index contributed by atoms with van der Waals surface area (Å²) in [5, 5.41) is 4.49. The quantitative estimate of drug-likeness (QED) is 0.449. The second kappa shape index (κ2) is 8.51. The molecule has 182 valence electrons. The van der Waals surface area contributed by atoms with E-state index in [0.29, 0.717) is 24.5 Å². The number of nitrogens with zero attached hydrogens (tertiary/aromatic N) is 4. The van der Waals surface area contributed by atoms with E-state index in [4.69, 9.17) is 14.7 Å². The topological polar surface area (TPSA) is 69.3 Å². The van der Waals surface area contributed by atoms with E-state index in [1.54, 1.807) is 17.4 Å². The van der Waals surface area contributed by atoms with E-state index in [9.17, 15) is 4.39 Å². The molecule has 7 nitrogen and oxygen atoms in total. The summed E-state index contributed by atoms with van der Waals surface area (Å²) in [4.78, 5) is 19.3. The summed E-state index contributed by atoms with van der Waals surface area (Å²) in [5.74, 6) is 1.22. The first-order chi connectivity index (χ1) is 17.2. The number of benzene rings is 1. The first-order valence-corrected chi connectivity index (χ1v) is 13.3. The first kappa shape index (κ1) is 21.7. The van der Waals surface area contributed by atoms with Gasteiger partial charge in [0.15, 0.2) is 11.6 Å². The molecular formula is C26H29FN6OS. The molecule has 6 heterocycles. The van der Waals surface area contributed by atoms with Crippen LogP contribution in [0.2, 0.25) is 0 Å². The third kappa shape index (κ3) is 3.91. The molecule has 1 unspecified atom stereocenters. The Morgan fingerprint density at radius 3 is 2.89 bits per heavy atom. The van der Waals surface area contributed by atoms with E-state index >= 15 is 0 Å². The van der Waals surface area contributed by atoms with Gasteiger partial charge in [-0.3, -0.25) is 4.90 Å². The molecule has 0 aliphatic carbocycles. The van der Waals surface area contributed by atoms with Gasteiger partial charge in [0.2, 0.25) is 0 Å². The normalized spacial score (nSPS) is 23.4. The number of nitrogens with one attached hydrogen (secondary N) is 2. The zero-order valence-electron chi connectivity index (χ0n) is 19.6. The van der Waals surface area contributed by atoms with Crippen LogP contribution in [0.3, 0.4) is 0 Å². The molecule has 0 radical (unpaired) electrons. The van der Waals surface area contributed by atoms with Gasteiger partial charge in [-0.1, -0.05) is 0 Å². The minimum absolute atomic E-state index is 0.290. The molecule has 35 heavy (non-hydrogen) atoms. The molecule has 4 aromatic rings. The number of morpholine rings is 1. The maximum absolute atomic E-state index is 14.5. The molecule has 9 heteroatoms. The van der Waals surface area contributed by atoms with E-state index in [1.165, 1.54) is 23.8 Å². The van der Waals surface area contributed by atoms with Crippen molar-refractivity contribution in [2.24, 2.45) is 5.41 Å². The number of H-pyrrole nitrogens is 1. The Labute approximate surface area is 207 Å². The minimum atomic E-state index is -0.290. The standard InChI is InChI=1S/C26H29FN6OS/c27-17-11-20(19-1-4-29-21(19)12-17)24-30-22-13-18(14-32-6-3-26(16-32)2-5-28-15-26)35-23(22)25(31-24)33-7-9-34-10-8-33/h1,4,11-13,28-29H,2-3,5-10,14-16H2. The Morgan fingerprint density at radius 2 is 2.03 bits per heavy atom. The van der Waals surface area contributed by atoms with Gasteiger partial charge in [-0.15, -0.1) is 11.3 Å². The van der Waals surface area contributed by atoms with Crippen molar-refractivity contribution in [3.63, 3.8) is 0 Å². The van der Waals surface area contributed by atoms with E-state index < -0.39 is 0 Å². The van der Waals surface area contributed by atoms with Gasteiger partial charge >= 0.3 is 0 Å². The number of aromatic nitrogens is 3. The largest absolute Gasteiger partial charge is 0.378 e. The number of likely N-dealkylation sites (tertiary alicyclic amines) is 1. The Balaban J connectivity index is 1.29. The van der Waals surface area contributed by atoms with Crippen molar-refractivity contribution < 1.29 is 9.13 Å². The van der Waals surface area contributed by atoms with E-state index in [2.05, 4.69) is 26.2 Å². The van der Waals surface area contributed by atoms with Gasteiger partial charge in [0, 0.05) is 60.3 Å². The predicted octanol–water partition coefficient (Wildman–Crippen LogP) is 4.00. The first-order valence-electron chi connectivity index (χ1n) is 12.5. The van der Waals surface area contributed by atoms with E-state index in [0.717, 1.165) is 78.3 Å². The molecule has 1 atom stereocenters. The molecule has 3 saturated heterocycles. The van der Waals surface area contributed by atoms with Crippen LogP contribution in [0.1, 0.15) is 17.7 Å². The van der Waals surface area contributed by atoms with E-state index in [1.807, 2.05) is 12.3 Å². The molecule has 0 bridgehead atoms. The highest BCUT2D eigenvalue weighted by Crippen LogP contribution is 2.39. The molecule has 1 aromatic carbocycles. The smallest absolute Gasteiger partial charge is 0.163 e. The molecule has 3 aliphatic heterocycles. The van der Waals surface area contributed by atoms with Gasteiger partial charge in [0.1, 0.15) is 5.82 Å². The number of thiophene rings is 1. The minimum Gasteiger partial charge on any atom is -0.378 e. The van der Waals surface area contributed by atoms with Crippen LogP contribution in [-0.4, -0.2) is 72.3 Å². The Bertz CT molecular complexity index is 1390. The number of ether oxygens (including phenoxy) is 1. The van der Waals surface area contributed by atoms with Crippen LogP contribution in [0.15, 0.2) is 30.5 Å². The van der Waals surface area contributed by atoms with Crippen LogP contribution in [-0.2, 0) is 11.3 Å². The molecule has 1 spiro atoms. The molecule has 3 aliphatic rings. The van der Waals surface area contributed by atoms with Crippen molar-refractivity contribution >= 4 is 38.3 Å². The Morgan fingerprint density at radius 1 is 1.11 bits per heavy atom. The Hall–Kier alpha value is -2.59. The molecule has 0 saturated carbocycles. The van der Waals surface area contributed by atoms with Crippen LogP contribution < -0.4 is 10.2 Å².